The molecular formula is C21H22N2O4. The standard InChI is InChI=1S/C21H22N2O4/c1-27-20-16(11-14-6-4-8-17(14)22-20)21(26)23-10-9-13-5-2-3-7-15(13)18(23)12-19(24)25/h2-3,5,7,11,18H,4,6,8-10,12H2,1H3,(H,24,25)/t18-/m1/s1. The average molecular weight is 366 g/mol. The molecule has 0 unspecified atom stereocenters. The van der Waals surface area contributed by atoms with Crippen molar-refractivity contribution < 1.29 is 19.4 Å². The number of amides is 1. The fourth-order valence-electron chi connectivity index (χ4n) is 4.20. The molecule has 0 radical (unpaired) electrons. The largest absolute Gasteiger partial charge is 0.481 e. The minimum absolute atomic E-state index is 0.122. The highest BCUT2D eigenvalue weighted by atomic mass is 16.5. The van der Waals surface area contributed by atoms with Crippen molar-refractivity contribution in [3.05, 3.63) is 58.3 Å². The maximum atomic E-state index is 13.4. The van der Waals surface area contributed by atoms with Gasteiger partial charge in [0.2, 0.25) is 5.88 Å². The van der Waals surface area contributed by atoms with E-state index in [0.29, 0.717) is 24.4 Å². The lowest BCUT2D eigenvalue weighted by atomic mass is 9.90. The number of aryl methyl sites for hydroxylation is 2. The predicted octanol–water partition coefficient (Wildman–Crippen LogP) is 2.79. The van der Waals surface area contributed by atoms with Crippen molar-refractivity contribution in [1.29, 1.82) is 0 Å². The van der Waals surface area contributed by atoms with Gasteiger partial charge in [-0.2, -0.15) is 0 Å². The lowest BCUT2D eigenvalue weighted by Crippen LogP contribution is -2.41. The van der Waals surface area contributed by atoms with Crippen LogP contribution >= 0.6 is 0 Å². The molecule has 6 nitrogen and oxygen atoms in total. The number of carbonyl (C=O) groups excluding carboxylic acids is 1. The van der Waals surface area contributed by atoms with Crippen LogP contribution in [0.1, 0.15) is 51.6 Å². The number of benzene rings is 1. The van der Waals surface area contributed by atoms with Gasteiger partial charge in [-0.15, -0.1) is 0 Å². The summed E-state index contributed by atoms with van der Waals surface area (Å²) in [6, 6.07) is 9.15. The van der Waals surface area contributed by atoms with E-state index in [0.717, 1.165) is 41.6 Å². The lowest BCUT2D eigenvalue weighted by Gasteiger charge is -2.37. The van der Waals surface area contributed by atoms with Crippen LogP contribution in [0.5, 0.6) is 5.88 Å². The number of nitrogens with zero attached hydrogens (tertiary/aromatic N) is 2. The summed E-state index contributed by atoms with van der Waals surface area (Å²) in [6.07, 6.45) is 3.43. The third kappa shape index (κ3) is 3.16. The van der Waals surface area contributed by atoms with E-state index in [2.05, 4.69) is 4.98 Å². The first kappa shape index (κ1) is 17.5. The van der Waals surface area contributed by atoms with Gasteiger partial charge >= 0.3 is 5.97 Å². The number of fused-ring (bicyclic) bond motifs is 2. The van der Waals surface area contributed by atoms with E-state index >= 15 is 0 Å². The van der Waals surface area contributed by atoms with Crippen LogP contribution in [0, 0.1) is 0 Å². The zero-order chi connectivity index (χ0) is 19.0. The first-order valence-electron chi connectivity index (χ1n) is 9.26. The van der Waals surface area contributed by atoms with Crippen molar-refractivity contribution >= 4 is 11.9 Å². The molecule has 0 saturated carbocycles. The molecule has 1 aliphatic heterocycles. The summed E-state index contributed by atoms with van der Waals surface area (Å²) < 4.78 is 5.39. The molecule has 140 valence electrons. The van der Waals surface area contributed by atoms with Gasteiger partial charge in [-0.25, -0.2) is 4.98 Å². The van der Waals surface area contributed by atoms with Crippen molar-refractivity contribution in [2.75, 3.05) is 13.7 Å². The minimum Gasteiger partial charge on any atom is -0.481 e. The van der Waals surface area contributed by atoms with E-state index in [9.17, 15) is 14.7 Å². The molecule has 0 saturated heterocycles. The number of carbonyl (C=O) groups is 2. The maximum Gasteiger partial charge on any atom is 0.305 e. The van der Waals surface area contributed by atoms with Crippen LogP contribution in [0.15, 0.2) is 30.3 Å². The molecule has 1 N–H and O–H groups in total. The molecule has 1 atom stereocenters. The number of carboxylic acids is 1. The van der Waals surface area contributed by atoms with Crippen LogP contribution in [0.25, 0.3) is 0 Å². The second-order valence-corrected chi connectivity index (χ2v) is 7.07. The molecule has 1 aromatic heterocycles. The molecule has 0 bridgehead atoms. The van der Waals surface area contributed by atoms with E-state index in [4.69, 9.17) is 4.74 Å². The van der Waals surface area contributed by atoms with E-state index in [1.165, 1.54) is 7.11 Å². The Morgan fingerprint density at radius 1 is 1.22 bits per heavy atom. The van der Waals surface area contributed by atoms with Gasteiger partial charge in [-0.05, 0) is 48.4 Å². The molecule has 2 aliphatic rings. The number of pyridine rings is 1. The number of aromatic nitrogens is 1. The molecule has 27 heavy (non-hydrogen) atoms. The Morgan fingerprint density at radius 3 is 2.81 bits per heavy atom. The average Bonchev–Trinajstić information content (AvgIpc) is 3.13. The molecule has 2 aromatic rings. The molecule has 1 amide bonds. The van der Waals surface area contributed by atoms with Crippen LogP contribution < -0.4 is 4.74 Å². The van der Waals surface area contributed by atoms with Crippen molar-refractivity contribution in [3.63, 3.8) is 0 Å². The Bertz CT molecular complexity index is 909. The van der Waals surface area contributed by atoms with Crippen LogP contribution in [0.4, 0.5) is 0 Å². The number of carboxylic acid groups (broad SMARTS) is 1. The van der Waals surface area contributed by atoms with Crippen molar-refractivity contribution in [1.82, 2.24) is 9.88 Å². The summed E-state index contributed by atoms with van der Waals surface area (Å²) >= 11 is 0. The molecule has 1 aromatic carbocycles. The summed E-state index contributed by atoms with van der Waals surface area (Å²) in [5, 5.41) is 9.41. The lowest BCUT2D eigenvalue weighted by molar-refractivity contribution is -0.138. The fraction of sp³-hybridized carbons (Fsp3) is 0.381. The molecule has 6 heteroatoms. The second kappa shape index (κ2) is 7.02. The third-order valence-corrected chi connectivity index (χ3v) is 5.48. The minimum atomic E-state index is -0.923. The van der Waals surface area contributed by atoms with E-state index < -0.39 is 12.0 Å². The number of aliphatic carboxylic acids is 1. The van der Waals surface area contributed by atoms with Crippen LogP contribution in [0.2, 0.25) is 0 Å². The maximum absolute atomic E-state index is 13.4. The van der Waals surface area contributed by atoms with Crippen molar-refractivity contribution in [3.8, 4) is 5.88 Å². The molecule has 0 spiro atoms. The third-order valence-electron chi connectivity index (χ3n) is 5.48. The number of methoxy groups -OCH3 is 1. The molecule has 1 aliphatic carbocycles. The van der Waals surface area contributed by atoms with Crippen LogP contribution in [-0.2, 0) is 24.1 Å². The topological polar surface area (TPSA) is 79.7 Å². The first-order valence-corrected chi connectivity index (χ1v) is 9.26. The van der Waals surface area contributed by atoms with Gasteiger partial charge in [-0.3, -0.25) is 9.59 Å². The summed E-state index contributed by atoms with van der Waals surface area (Å²) in [6.45, 7) is 0.480. The summed E-state index contributed by atoms with van der Waals surface area (Å²) in [7, 11) is 1.51. The van der Waals surface area contributed by atoms with Gasteiger partial charge < -0.3 is 14.7 Å². The van der Waals surface area contributed by atoms with E-state index in [1.54, 1.807) is 4.90 Å². The number of rotatable bonds is 4. The second-order valence-electron chi connectivity index (χ2n) is 7.07. The Labute approximate surface area is 157 Å². The van der Waals surface area contributed by atoms with Gasteiger partial charge in [0.15, 0.2) is 0 Å². The fourth-order valence-corrected chi connectivity index (χ4v) is 4.20. The van der Waals surface area contributed by atoms with Crippen molar-refractivity contribution in [2.24, 2.45) is 0 Å². The molecule has 0 fully saturated rings. The summed E-state index contributed by atoms with van der Waals surface area (Å²) in [5.74, 6) is -0.808. The SMILES string of the molecule is COc1nc2c(cc1C(=O)N1CCc3ccccc3[C@H]1CC(=O)O)CCC2. The first-order chi connectivity index (χ1) is 13.1. The van der Waals surface area contributed by atoms with Gasteiger partial charge in [0.25, 0.3) is 5.91 Å². The number of ether oxygens (including phenoxy) is 1. The molecular weight excluding hydrogens is 344 g/mol. The quantitative estimate of drug-likeness (QED) is 0.900. The van der Waals surface area contributed by atoms with Gasteiger partial charge in [0.05, 0.1) is 19.6 Å². The van der Waals surface area contributed by atoms with Crippen molar-refractivity contribution in [2.45, 2.75) is 38.1 Å². The highest BCUT2D eigenvalue weighted by Crippen LogP contribution is 2.35. The van der Waals surface area contributed by atoms with E-state index in [-0.39, 0.29) is 12.3 Å². The number of hydrogen-bond acceptors (Lipinski definition) is 4. The van der Waals surface area contributed by atoms with Crippen LogP contribution in [0.3, 0.4) is 0 Å². The van der Waals surface area contributed by atoms with Crippen LogP contribution in [-0.4, -0.2) is 40.5 Å². The summed E-state index contributed by atoms with van der Waals surface area (Å²) in [4.78, 5) is 31.1. The molecule has 4 rings (SSSR count). The zero-order valence-corrected chi connectivity index (χ0v) is 15.3. The highest BCUT2D eigenvalue weighted by Gasteiger charge is 2.34. The monoisotopic (exact) mass is 366 g/mol. The Hall–Kier alpha value is -2.89. The predicted molar refractivity (Wildman–Crippen MR) is 99.0 cm³/mol. The zero-order valence-electron chi connectivity index (χ0n) is 15.3. The Morgan fingerprint density at radius 2 is 2.04 bits per heavy atom. The Balaban J connectivity index is 1.74. The summed E-state index contributed by atoms with van der Waals surface area (Å²) in [5.41, 5.74) is 4.52. The van der Waals surface area contributed by atoms with Gasteiger partial charge in [0, 0.05) is 12.2 Å². The smallest absolute Gasteiger partial charge is 0.305 e. The van der Waals surface area contributed by atoms with Gasteiger partial charge in [0.1, 0.15) is 5.56 Å². The number of hydrogen-bond donors (Lipinski definition) is 1. The van der Waals surface area contributed by atoms with Gasteiger partial charge in [-0.1, -0.05) is 24.3 Å². The Kier molecular flexibility index (Phi) is 4.56. The van der Waals surface area contributed by atoms with E-state index in [1.807, 2.05) is 30.3 Å². The highest BCUT2D eigenvalue weighted by molar-refractivity contribution is 5.97. The molecule has 2 heterocycles. The normalized spacial score (nSPS) is 18.0.